The van der Waals surface area contributed by atoms with Crippen molar-refractivity contribution in [3.05, 3.63) is 35.6 Å². The van der Waals surface area contributed by atoms with Gasteiger partial charge in [0.25, 0.3) is 0 Å². The summed E-state index contributed by atoms with van der Waals surface area (Å²) in [4.78, 5) is 2.32. The van der Waals surface area contributed by atoms with Crippen molar-refractivity contribution in [1.82, 2.24) is 4.90 Å². The Hall–Kier alpha value is -0.930. The van der Waals surface area contributed by atoms with E-state index in [2.05, 4.69) is 4.90 Å². The number of halogens is 1. The van der Waals surface area contributed by atoms with Crippen LogP contribution in [0.2, 0.25) is 0 Å². The summed E-state index contributed by atoms with van der Waals surface area (Å²) in [6, 6.07) is 6.69. The monoisotopic (exact) mass is 235 g/mol. The van der Waals surface area contributed by atoms with Gasteiger partial charge in [0.2, 0.25) is 0 Å². The van der Waals surface area contributed by atoms with Gasteiger partial charge in [-0.25, -0.2) is 4.39 Å². The smallest absolute Gasteiger partial charge is 0.129 e. The molecule has 2 unspecified atom stereocenters. The Morgan fingerprint density at radius 2 is 1.94 bits per heavy atom. The van der Waals surface area contributed by atoms with Crippen molar-refractivity contribution in [3.8, 4) is 0 Å². The molecule has 4 rings (SSSR count). The van der Waals surface area contributed by atoms with Gasteiger partial charge in [0, 0.05) is 11.6 Å². The quantitative estimate of drug-likeness (QED) is 0.850. The van der Waals surface area contributed by atoms with Crippen LogP contribution in [-0.4, -0.2) is 29.1 Å². The maximum Gasteiger partial charge on any atom is 0.129 e. The van der Waals surface area contributed by atoms with E-state index >= 15 is 0 Å². The highest BCUT2D eigenvalue weighted by atomic mass is 19.1. The van der Waals surface area contributed by atoms with E-state index < -0.39 is 6.10 Å². The van der Waals surface area contributed by atoms with Crippen LogP contribution < -0.4 is 0 Å². The fourth-order valence-corrected chi connectivity index (χ4v) is 3.26. The normalized spacial score (nSPS) is 33.6. The molecule has 1 N–H and O–H groups in total. The lowest BCUT2D eigenvalue weighted by Gasteiger charge is -2.47. The molecule has 0 aromatic heterocycles. The van der Waals surface area contributed by atoms with Crippen molar-refractivity contribution in [2.24, 2.45) is 5.92 Å². The molecule has 2 atom stereocenters. The van der Waals surface area contributed by atoms with E-state index in [0.29, 0.717) is 5.56 Å². The van der Waals surface area contributed by atoms with Crippen molar-refractivity contribution < 1.29 is 9.50 Å². The molecule has 3 fully saturated rings. The summed E-state index contributed by atoms with van der Waals surface area (Å²) in [5.74, 6) is 0.439. The first kappa shape index (κ1) is 11.2. The van der Waals surface area contributed by atoms with Gasteiger partial charge in [-0.1, -0.05) is 18.2 Å². The number of hydrogen-bond acceptors (Lipinski definition) is 2. The Kier molecular flexibility index (Phi) is 2.89. The lowest BCUT2D eigenvalue weighted by molar-refractivity contribution is -0.0280. The molecule has 1 aromatic carbocycles. The van der Waals surface area contributed by atoms with Gasteiger partial charge in [-0.05, 0) is 44.3 Å². The van der Waals surface area contributed by atoms with Gasteiger partial charge in [-0.2, -0.15) is 0 Å². The van der Waals surface area contributed by atoms with E-state index in [0.717, 1.165) is 25.4 Å². The van der Waals surface area contributed by atoms with Gasteiger partial charge < -0.3 is 5.11 Å². The lowest BCUT2D eigenvalue weighted by atomic mass is 9.80. The van der Waals surface area contributed by atoms with Gasteiger partial charge in [0.05, 0.1) is 6.10 Å². The molecule has 0 amide bonds. The SMILES string of the molecule is OC(c1ccccc1F)C1CC2CCN1CC2. The average Bonchev–Trinajstić information content (AvgIpc) is 2.40. The van der Waals surface area contributed by atoms with Gasteiger partial charge in [0.1, 0.15) is 5.82 Å². The van der Waals surface area contributed by atoms with E-state index in [-0.39, 0.29) is 11.9 Å². The van der Waals surface area contributed by atoms with E-state index in [9.17, 15) is 9.50 Å². The Balaban J connectivity index is 1.83. The minimum Gasteiger partial charge on any atom is -0.387 e. The molecule has 3 heterocycles. The summed E-state index contributed by atoms with van der Waals surface area (Å²) in [6.45, 7) is 2.11. The molecule has 0 aliphatic carbocycles. The van der Waals surface area contributed by atoms with Crippen LogP contribution in [0.5, 0.6) is 0 Å². The second-order valence-corrected chi connectivity index (χ2v) is 5.25. The zero-order valence-electron chi connectivity index (χ0n) is 9.85. The number of hydrogen-bond donors (Lipinski definition) is 1. The van der Waals surface area contributed by atoms with Crippen LogP contribution in [0.3, 0.4) is 0 Å². The predicted molar refractivity (Wildman–Crippen MR) is 64.1 cm³/mol. The Morgan fingerprint density at radius 1 is 1.24 bits per heavy atom. The molecule has 3 saturated heterocycles. The van der Waals surface area contributed by atoms with Crippen LogP contribution in [0, 0.1) is 11.7 Å². The molecule has 2 bridgehead atoms. The number of benzene rings is 1. The zero-order chi connectivity index (χ0) is 11.8. The number of fused-ring (bicyclic) bond motifs is 3. The second-order valence-electron chi connectivity index (χ2n) is 5.25. The van der Waals surface area contributed by atoms with Crippen LogP contribution >= 0.6 is 0 Å². The summed E-state index contributed by atoms with van der Waals surface area (Å²) in [7, 11) is 0. The van der Waals surface area contributed by atoms with Gasteiger partial charge >= 0.3 is 0 Å². The first-order valence-electron chi connectivity index (χ1n) is 6.42. The third-order valence-electron chi connectivity index (χ3n) is 4.28. The Morgan fingerprint density at radius 3 is 2.53 bits per heavy atom. The van der Waals surface area contributed by atoms with E-state index in [4.69, 9.17) is 0 Å². The first-order valence-corrected chi connectivity index (χ1v) is 6.42. The largest absolute Gasteiger partial charge is 0.387 e. The standard InChI is InChI=1S/C14H18FNO/c15-12-4-2-1-3-11(12)14(17)13-9-10-5-7-16(13)8-6-10/h1-4,10,13-14,17H,5-9H2. The van der Waals surface area contributed by atoms with E-state index in [1.165, 1.54) is 18.9 Å². The molecule has 2 nitrogen and oxygen atoms in total. The molecule has 3 aliphatic heterocycles. The number of nitrogens with zero attached hydrogens (tertiary/aromatic N) is 1. The number of rotatable bonds is 2. The molecule has 0 spiro atoms. The summed E-state index contributed by atoms with van der Waals surface area (Å²) in [5, 5.41) is 10.4. The van der Waals surface area contributed by atoms with Crippen molar-refractivity contribution in [3.63, 3.8) is 0 Å². The molecular formula is C14H18FNO. The van der Waals surface area contributed by atoms with Crippen LogP contribution in [0.4, 0.5) is 4.39 Å². The van der Waals surface area contributed by atoms with E-state index in [1.807, 2.05) is 0 Å². The van der Waals surface area contributed by atoms with Crippen molar-refractivity contribution in [2.45, 2.75) is 31.4 Å². The molecule has 0 saturated carbocycles. The molecule has 3 aliphatic rings. The van der Waals surface area contributed by atoms with Crippen molar-refractivity contribution in [2.75, 3.05) is 13.1 Å². The number of aliphatic hydroxyl groups is 1. The number of piperidine rings is 3. The average molecular weight is 235 g/mol. The van der Waals surface area contributed by atoms with Crippen LogP contribution in [0.1, 0.15) is 30.9 Å². The van der Waals surface area contributed by atoms with Crippen LogP contribution in [-0.2, 0) is 0 Å². The number of aliphatic hydroxyl groups excluding tert-OH is 1. The molecule has 3 heteroatoms. The highest BCUT2D eigenvalue weighted by molar-refractivity contribution is 5.21. The van der Waals surface area contributed by atoms with E-state index in [1.54, 1.807) is 18.2 Å². The minimum atomic E-state index is -0.681. The van der Waals surface area contributed by atoms with Gasteiger partial charge in [-0.15, -0.1) is 0 Å². The van der Waals surface area contributed by atoms with Crippen LogP contribution in [0.15, 0.2) is 24.3 Å². The highest BCUT2D eigenvalue weighted by Crippen LogP contribution is 2.37. The third kappa shape index (κ3) is 1.98. The van der Waals surface area contributed by atoms with Crippen LogP contribution in [0.25, 0.3) is 0 Å². The molecule has 92 valence electrons. The summed E-state index contributed by atoms with van der Waals surface area (Å²) in [5.41, 5.74) is 0.449. The summed E-state index contributed by atoms with van der Waals surface area (Å²) < 4.78 is 13.7. The lowest BCUT2D eigenvalue weighted by Crippen LogP contribution is -2.51. The predicted octanol–water partition coefficient (Wildman–Crippen LogP) is 2.34. The Bertz CT molecular complexity index is 401. The van der Waals surface area contributed by atoms with Gasteiger partial charge in [0.15, 0.2) is 0 Å². The first-order chi connectivity index (χ1) is 8.25. The zero-order valence-corrected chi connectivity index (χ0v) is 9.85. The molecule has 0 radical (unpaired) electrons. The van der Waals surface area contributed by atoms with Crippen molar-refractivity contribution >= 4 is 0 Å². The molecule has 17 heavy (non-hydrogen) atoms. The highest BCUT2D eigenvalue weighted by Gasteiger charge is 2.38. The molecule has 1 aromatic rings. The fourth-order valence-electron chi connectivity index (χ4n) is 3.26. The van der Waals surface area contributed by atoms with Crippen molar-refractivity contribution in [1.29, 1.82) is 0 Å². The molecular weight excluding hydrogens is 217 g/mol. The maximum atomic E-state index is 13.7. The minimum absolute atomic E-state index is 0.111. The summed E-state index contributed by atoms with van der Waals surface area (Å²) >= 11 is 0. The van der Waals surface area contributed by atoms with Gasteiger partial charge in [-0.3, -0.25) is 4.90 Å². The maximum absolute atomic E-state index is 13.7. The summed E-state index contributed by atoms with van der Waals surface area (Å²) in [6.07, 6.45) is 2.80. The Labute approximate surface area is 101 Å². The fraction of sp³-hybridized carbons (Fsp3) is 0.571. The third-order valence-corrected chi connectivity index (χ3v) is 4.28. The second kappa shape index (κ2) is 4.39. The topological polar surface area (TPSA) is 23.5 Å².